The van der Waals surface area contributed by atoms with Gasteiger partial charge in [0.15, 0.2) is 0 Å². The van der Waals surface area contributed by atoms with E-state index in [9.17, 15) is 17.6 Å². The minimum atomic E-state index is -4.63. The maximum atomic E-state index is 13.1. The van der Waals surface area contributed by atoms with Gasteiger partial charge in [0.2, 0.25) is 0 Å². The van der Waals surface area contributed by atoms with Crippen LogP contribution < -0.4 is 5.32 Å². The molecule has 1 nitrogen and oxygen atoms in total. The SMILES string of the molecule is CNC1(Cc2ccc(F)c(C(F)(F)F)c2)CC1. The molecule has 0 aromatic heterocycles. The molecule has 1 N–H and O–H groups in total. The predicted octanol–water partition coefficient (Wildman–Crippen LogP) is 3.14. The minimum absolute atomic E-state index is 0.0826. The highest BCUT2D eigenvalue weighted by atomic mass is 19.4. The van der Waals surface area contributed by atoms with Gasteiger partial charge in [-0.15, -0.1) is 0 Å². The summed E-state index contributed by atoms with van der Waals surface area (Å²) in [6.45, 7) is 0. The zero-order chi connectivity index (χ0) is 12.7. The second-order valence-corrected chi connectivity index (χ2v) is 4.52. The van der Waals surface area contributed by atoms with Crippen LogP contribution in [0.25, 0.3) is 0 Å². The van der Waals surface area contributed by atoms with Crippen molar-refractivity contribution in [3.05, 3.63) is 35.1 Å². The predicted molar refractivity (Wildman–Crippen MR) is 56.1 cm³/mol. The van der Waals surface area contributed by atoms with E-state index in [0.717, 1.165) is 25.0 Å². The monoisotopic (exact) mass is 247 g/mol. The van der Waals surface area contributed by atoms with Gasteiger partial charge in [-0.2, -0.15) is 13.2 Å². The molecule has 1 aliphatic carbocycles. The molecule has 0 radical (unpaired) electrons. The number of rotatable bonds is 3. The Morgan fingerprint density at radius 3 is 2.41 bits per heavy atom. The number of hydrogen-bond donors (Lipinski definition) is 1. The molecular formula is C12H13F4N. The highest BCUT2D eigenvalue weighted by molar-refractivity contribution is 5.29. The van der Waals surface area contributed by atoms with Crippen molar-refractivity contribution in [2.24, 2.45) is 0 Å². The van der Waals surface area contributed by atoms with Crippen LogP contribution in [0.2, 0.25) is 0 Å². The summed E-state index contributed by atoms with van der Waals surface area (Å²) in [5.74, 6) is -1.21. The van der Waals surface area contributed by atoms with E-state index in [4.69, 9.17) is 0 Å². The molecule has 1 saturated carbocycles. The third kappa shape index (κ3) is 2.60. The van der Waals surface area contributed by atoms with Crippen LogP contribution in [0.4, 0.5) is 17.6 Å². The first kappa shape index (κ1) is 12.4. The molecule has 0 saturated heterocycles. The summed E-state index contributed by atoms with van der Waals surface area (Å²) in [6, 6.07) is 3.22. The quantitative estimate of drug-likeness (QED) is 0.809. The standard InChI is InChI=1S/C12H13F4N/c1-17-11(4-5-11)7-8-2-3-10(13)9(6-8)12(14,15)16/h2-3,6,17H,4-5,7H2,1H3. The summed E-state index contributed by atoms with van der Waals surface area (Å²) in [4.78, 5) is 0. The fourth-order valence-electron chi connectivity index (χ4n) is 1.96. The maximum Gasteiger partial charge on any atom is 0.419 e. The van der Waals surface area contributed by atoms with Crippen molar-refractivity contribution < 1.29 is 17.6 Å². The maximum absolute atomic E-state index is 13.1. The van der Waals surface area contributed by atoms with Crippen LogP contribution in [-0.4, -0.2) is 12.6 Å². The number of likely N-dealkylation sites (N-methyl/N-ethyl adjacent to an activating group) is 1. The molecule has 0 aliphatic heterocycles. The molecule has 94 valence electrons. The Morgan fingerprint density at radius 1 is 1.29 bits per heavy atom. The number of alkyl halides is 3. The Morgan fingerprint density at radius 2 is 1.94 bits per heavy atom. The fourth-order valence-corrected chi connectivity index (χ4v) is 1.96. The van der Waals surface area contributed by atoms with Crippen molar-refractivity contribution in [3.63, 3.8) is 0 Å². The van der Waals surface area contributed by atoms with Crippen molar-refractivity contribution >= 4 is 0 Å². The Hall–Kier alpha value is -1.10. The molecule has 1 aromatic carbocycles. The molecule has 1 aromatic rings. The van der Waals surface area contributed by atoms with Crippen LogP contribution >= 0.6 is 0 Å². The van der Waals surface area contributed by atoms with Gasteiger partial charge < -0.3 is 5.32 Å². The van der Waals surface area contributed by atoms with Crippen LogP contribution in [0.15, 0.2) is 18.2 Å². The normalized spacial score (nSPS) is 18.2. The first-order valence-corrected chi connectivity index (χ1v) is 5.41. The summed E-state index contributed by atoms with van der Waals surface area (Å²) < 4.78 is 50.6. The van der Waals surface area contributed by atoms with Crippen molar-refractivity contribution in [2.75, 3.05) is 7.05 Å². The minimum Gasteiger partial charge on any atom is -0.314 e. The van der Waals surface area contributed by atoms with E-state index in [2.05, 4.69) is 5.32 Å². The van der Waals surface area contributed by atoms with Crippen LogP contribution in [0.3, 0.4) is 0 Å². The van der Waals surface area contributed by atoms with Crippen LogP contribution in [0.1, 0.15) is 24.0 Å². The highest BCUT2D eigenvalue weighted by Gasteiger charge is 2.41. The van der Waals surface area contributed by atoms with E-state index in [1.54, 1.807) is 7.05 Å². The van der Waals surface area contributed by atoms with E-state index in [1.807, 2.05) is 0 Å². The molecule has 0 amide bonds. The number of halogens is 4. The van der Waals surface area contributed by atoms with Gasteiger partial charge in [0.05, 0.1) is 5.56 Å². The zero-order valence-corrected chi connectivity index (χ0v) is 9.37. The Balaban J connectivity index is 2.25. The van der Waals surface area contributed by atoms with E-state index in [0.29, 0.717) is 12.0 Å². The summed E-state index contributed by atoms with van der Waals surface area (Å²) in [5.41, 5.74) is -0.742. The van der Waals surface area contributed by atoms with Gasteiger partial charge in [0.25, 0.3) is 0 Å². The van der Waals surface area contributed by atoms with Crippen molar-refractivity contribution in [1.29, 1.82) is 0 Å². The topological polar surface area (TPSA) is 12.0 Å². The lowest BCUT2D eigenvalue weighted by Crippen LogP contribution is -2.29. The van der Waals surface area contributed by atoms with Crippen molar-refractivity contribution in [1.82, 2.24) is 5.32 Å². The molecular weight excluding hydrogens is 234 g/mol. The third-order valence-electron chi connectivity index (χ3n) is 3.26. The number of nitrogens with one attached hydrogen (secondary N) is 1. The number of benzene rings is 1. The van der Waals surface area contributed by atoms with E-state index >= 15 is 0 Å². The molecule has 0 bridgehead atoms. The molecule has 0 unspecified atom stereocenters. The molecule has 17 heavy (non-hydrogen) atoms. The van der Waals surface area contributed by atoms with Crippen molar-refractivity contribution in [3.8, 4) is 0 Å². The average molecular weight is 247 g/mol. The van der Waals surface area contributed by atoms with Gasteiger partial charge in [-0.1, -0.05) is 6.07 Å². The molecule has 0 atom stereocenters. The Kier molecular flexibility index (Phi) is 2.89. The summed E-state index contributed by atoms with van der Waals surface area (Å²) in [7, 11) is 1.79. The van der Waals surface area contributed by atoms with Gasteiger partial charge in [0, 0.05) is 5.54 Å². The lowest BCUT2D eigenvalue weighted by Gasteiger charge is -2.15. The van der Waals surface area contributed by atoms with Crippen LogP contribution in [-0.2, 0) is 12.6 Å². The summed E-state index contributed by atoms with van der Waals surface area (Å²) >= 11 is 0. The van der Waals surface area contributed by atoms with Gasteiger partial charge >= 0.3 is 6.18 Å². The Labute approximate surface area is 96.8 Å². The largest absolute Gasteiger partial charge is 0.419 e. The lowest BCUT2D eigenvalue weighted by molar-refractivity contribution is -0.140. The lowest BCUT2D eigenvalue weighted by atomic mass is 10.0. The zero-order valence-electron chi connectivity index (χ0n) is 9.37. The number of hydrogen-bond acceptors (Lipinski definition) is 1. The van der Waals surface area contributed by atoms with E-state index in [-0.39, 0.29) is 5.54 Å². The first-order chi connectivity index (χ1) is 7.86. The van der Waals surface area contributed by atoms with Gasteiger partial charge in [-0.3, -0.25) is 0 Å². The Bertz CT molecular complexity index is 421. The molecule has 0 heterocycles. The van der Waals surface area contributed by atoms with Gasteiger partial charge in [-0.25, -0.2) is 4.39 Å². The molecule has 1 aliphatic rings. The van der Waals surface area contributed by atoms with Gasteiger partial charge in [0.1, 0.15) is 5.82 Å². The average Bonchev–Trinajstić information content (AvgIpc) is 3.00. The van der Waals surface area contributed by atoms with Crippen LogP contribution in [0, 0.1) is 5.82 Å². The second kappa shape index (κ2) is 3.98. The third-order valence-corrected chi connectivity index (χ3v) is 3.26. The van der Waals surface area contributed by atoms with Crippen molar-refractivity contribution in [2.45, 2.75) is 31.0 Å². The molecule has 1 fully saturated rings. The second-order valence-electron chi connectivity index (χ2n) is 4.52. The summed E-state index contributed by atoms with van der Waals surface area (Å²) in [6.07, 6.45) is -2.23. The van der Waals surface area contributed by atoms with E-state index < -0.39 is 17.6 Å². The van der Waals surface area contributed by atoms with Gasteiger partial charge in [-0.05, 0) is 44.0 Å². The first-order valence-electron chi connectivity index (χ1n) is 5.41. The fraction of sp³-hybridized carbons (Fsp3) is 0.500. The molecule has 5 heteroatoms. The van der Waals surface area contributed by atoms with E-state index in [1.165, 1.54) is 6.07 Å². The summed E-state index contributed by atoms with van der Waals surface area (Å²) in [5, 5.41) is 3.10. The smallest absolute Gasteiger partial charge is 0.314 e. The molecule has 2 rings (SSSR count). The van der Waals surface area contributed by atoms with Crippen LogP contribution in [0.5, 0.6) is 0 Å². The molecule has 0 spiro atoms. The highest BCUT2D eigenvalue weighted by Crippen LogP contribution is 2.39.